The lowest BCUT2D eigenvalue weighted by Crippen LogP contribution is -2.39. The number of sulfonamides is 1. The van der Waals surface area contributed by atoms with Crippen molar-refractivity contribution in [1.29, 1.82) is 0 Å². The average molecular weight is 483 g/mol. The van der Waals surface area contributed by atoms with Crippen LogP contribution in [-0.4, -0.2) is 41.5 Å². The smallest absolute Gasteiger partial charge is 0.276 e. The van der Waals surface area contributed by atoms with Gasteiger partial charge >= 0.3 is 0 Å². The molecule has 1 fully saturated rings. The normalized spacial score (nSPS) is 17.2. The summed E-state index contributed by atoms with van der Waals surface area (Å²) in [6, 6.07) is 13.1. The second kappa shape index (κ2) is 9.68. The molecule has 1 unspecified atom stereocenters. The molecule has 4 rings (SSSR count). The highest BCUT2D eigenvalue weighted by atomic mass is 32.2. The molecule has 180 valence electrons. The molecule has 0 aliphatic carbocycles. The number of hydrogen-bond acceptors (Lipinski definition) is 5. The van der Waals surface area contributed by atoms with Crippen LogP contribution in [0, 0.1) is 11.8 Å². The lowest BCUT2D eigenvalue weighted by molar-refractivity contribution is 0.102. The van der Waals surface area contributed by atoms with E-state index in [1.807, 2.05) is 13.8 Å². The molecule has 0 bridgehead atoms. The maximum absolute atomic E-state index is 13.1. The molecule has 9 heteroatoms. The minimum Gasteiger partial charge on any atom is -0.321 e. The van der Waals surface area contributed by atoms with Gasteiger partial charge in [-0.3, -0.25) is 9.59 Å². The number of fused-ring (bicyclic) bond motifs is 1. The highest BCUT2D eigenvalue weighted by molar-refractivity contribution is 7.89. The topological polar surface area (TPSA) is 101 Å². The summed E-state index contributed by atoms with van der Waals surface area (Å²) in [6.07, 6.45) is 1.89. The van der Waals surface area contributed by atoms with Gasteiger partial charge in [-0.2, -0.15) is 9.40 Å². The first kappa shape index (κ1) is 24.1. The van der Waals surface area contributed by atoms with E-state index in [0.717, 1.165) is 12.8 Å². The first-order valence-corrected chi connectivity index (χ1v) is 13.0. The molecule has 8 nitrogen and oxygen atoms in total. The number of aromatic nitrogens is 2. The minimum atomic E-state index is -3.57. The molecule has 1 amide bonds. The summed E-state index contributed by atoms with van der Waals surface area (Å²) in [6.45, 7) is 7.45. The van der Waals surface area contributed by atoms with Crippen molar-refractivity contribution in [2.24, 2.45) is 11.8 Å². The molecule has 0 saturated carbocycles. The van der Waals surface area contributed by atoms with Crippen molar-refractivity contribution in [3.8, 4) is 0 Å². The fourth-order valence-electron chi connectivity index (χ4n) is 4.29. The second-order valence-corrected chi connectivity index (χ2v) is 11.3. The van der Waals surface area contributed by atoms with Gasteiger partial charge < -0.3 is 5.32 Å². The zero-order valence-corrected chi connectivity index (χ0v) is 20.5. The molecule has 1 atom stereocenters. The Balaban J connectivity index is 1.60. The maximum atomic E-state index is 13.1. The Labute approximate surface area is 199 Å². The van der Waals surface area contributed by atoms with Crippen molar-refractivity contribution in [2.75, 3.05) is 18.4 Å². The SMILES string of the molecule is CC(C)Cn1nc(C(=O)Nc2ccc(S(=O)(=O)N3CCCC(C)C3)cc2)c2ccccc2c1=O. The number of piperidine rings is 1. The molecule has 2 heterocycles. The zero-order chi connectivity index (χ0) is 24.5. The van der Waals surface area contributed by atoms with Crippen LogP contribution in [0.15, 0.2) is 58.2 Å². The molecular formula is C25H30N4O4S. The van der Waals surface area contributed by atoms with Crippen molar-refractivity contribution in [1.82, 2.24) is 14.1 Å². The van der Waals surface area contributed by atoms with Crippen molar-refractivity contribution < 1.29 is 13.2 Å². The van der Waals surface area contributed by atoms with Crippen LogP contribution in [0.3, 0.4) is 0 Å². The standard InChI is InChI=1S/C25H30N4O4S/c1-17(2)15-29-25(31)22-9-5-4-8-21(22)23(27-29)24(30)26-19-10-12-20(13-11-19)34(32,33)28-14-6-7-18(3)16-28/h4-5,8-13,17-18H,6-7,14-16H2,1-3H3,(H,26,30). The number of amides is 1. The molecular weight excluding hydrogens is 452 g/mol. The van der Waals surface area contributed by atoms with E-state index in [1.165, 1.54) is 21.1 Å². The van der Waals surface area contributed by atoms with Crippen molar-refractivity contribution in [2.45, 2.75) is 45.1 Å². The molecule has 0 spiro atoms. The molecule has 1 aliphatic rings. The van der Waals surface area contributed by atoms with Crippen molar-refractivity contribution in [3.63, 3.8) is 0 Å². The van der Waals surface area contributed by atoms with E-state index in [2.05, 4.69) is 17.3 Å². The van der Waals surface area contributed by atoms with Gasteiger partial charge in [-0.25, -0.2) is 13.1 Å². The van der Waals surface area contributed by atoms with Crippen LogP contribution in [0.5, 0.6) is 0 Å². The first-order chi connectivity index (χ1) is 16.2. The van der Waals surface area contributed by atoms with Crippen LogP contribution in [0.1, 0.15) is 44.1 Å². The zero-order valence-electron chi connectivity index (χ0n) is 19.7. The molecule has 2 aromatic carbocycles. The number of anilines is 1. The summed E-state index contributed by atoms with van der Waals surface area (Å²) in [7, 11) is -3.57. The number of benzene rings is 2. The summed E-state index contributed by atoms with van der Waals surface area (Å²) in [5.74, 6) is 0.0530. The lowest BCUT2D eigenvalue weighted by atomic mass is 10.0. The van der Waals surface area contributed by atoms with Gasteiger partial charge in [0.15, 0.2) is 5.69 Å². The summed E-state index contributed by atoms with van der Waals surface area (Å²) < 4.78 is 28.8. The summed E-state index contributed by atoms with van der Waals surface area (Å²) in [5.41, 5.74) is 0.362. The predicted octanol–water partition coefficient (Wildman–Crippen LogP) is 3.73. The molecule has 34 heavy (non-hydrogen) atoms. The Hall–Kier alpha value is -3.04. The Bertz CT molecular complexity index is 1360. The predicted molar refractivity (Wildman–Crippen MR) is 132 cm³/mol. The van der Waals surface area contributed by atoms with E-state index >= 15 is 0 Å². The van der Waals surface area contributed by atoms with Gasteiger partial charge in [-0.15, -0.1) is 0 Å². The van der Waals surface area contributed by atoms with Gasteiger partial charge in [0.05, 0.1) is 10.3 Å². The second-order valence-electron chi connectivity index (χ2n) is 9.36. The third-order valence-electron chi connectivity index (χ3n) is 5.99. The Morgan fingerprint density at radius 3 is 2.44 bits per heavy atom. The molecule has 1 aromatic heterocycles. The average Bonchev–Trinajstić information content (AvgIpc) is 2.81. The molecule has 0 radical (unpaired) electrons. The van der Waals surface area contributed by atoms with Crippen molar-refractivity contribution >= 4 is 32.4 Å². The Kier molecular flexibility index (Phi) is 6.86. The van der Waals surface area contributed by atoms with Gasteiger partial charge in [-0.1, -0.05) is 39.0 Å². The van der Waals surface area contributed by atoms with E-state index in [1.54, 1.807) is 36.4 Å². The van der Waals surface area contributed by atoms with E-state index in [9.17, 15) is 18.0 Å². The number of nitrogens with one attached hydrogen (secondary N) is 1. The quantitative estimate of drug-likeness (QED) is 0.577. The van der Waals surface area contributed by atoms with Crippen LogP contribution < -0.4 is 10.9 Å². The summed E-state index contributed by atoms with van der Waals surface area (Å²) in [4.78, 5) is 26.1. The van der Waals surface area contributed by atoms with E-state index in [-0.39, 0.29) is 22.1 Å². The number of rotatable bonds is 6. The van der Waals surface area contributed by atoms with E-state index in [4.69, 9.17) is 0 Å². The van der Waals surface area contributed by atoms with Gasteiger partial charge in [0, 0.05) is 30.7 Å². The number of carbonyl (C=O) groups excluding carboxylic acids is 1. The summed E-state index contributed by atoms with van der Waals surface area (Å²) >= 11 is 0. The number of hydrogen-bond donors (Lipinski definition) is 1. The monoisotopic (exact) mass is 482 g/mol. The van der Waals surface area contributed by atoms with E-state index in [0.29, 0.717) is 42.0 Å². The van der Waals surface area contributed by atoms with Crippen molar-refractivity contribution in [3.05, 3.63) is 64.6 Å². The number of nitrogens with zero attached hydrogens (tertiary/aromatic N) is 3. The molecule has 3 aromatic rings. The van der Waals surface area contributed by atoms with Crippen LogP contribution >= 0.6 is 0 Å². The Morgan fingerprint density at radius 1 is 1.12 bits per heavy atom. The van der Waals surface area contributed by atoms with Gasteiger partial charge in [0.1, 0.15) is 0 Å². The van der Waals surface area contributed by atoms with Crippen LogP contribution in [-0.2, 0) is 16.6 Å². The molecule has 1 aliphatic heterocycles. The summed E-state index contributed by atoms with van der Waals surface area (Å²) in [5, 5.41) is 8.05. The van der Waals surface area contributed by atoms with Crippen LogP contribution in [0.2, 0.25) is 0 Å². The van der Waals surface area contributed by atoms with Crippen LogP contribution in [0.25, 0.3) is 10.8 Å². The largest absolute Gasteiger partial charge is 0.321 e. The lowest BCUT2D eigenvalue weighted by Gasteiger charge is -2.30. The van der Waals surface area contributed by atoms with Gasteiger partial charge in [0.25, 0.3) is 11.5 Å². The maximum Gasteiger partial charge on any atom is 0.276 e. The van der Waals surface area contributed by atoms with Gasteiger partial charge in [0.2, 0.25) is 10.0 Å². The third kappa shape index (κ3) is 4.90. The minimum absolute atomic E-state index is 0.148. The van der Waals surface area contributed by atoms with E-state index < -0.39 is 15.9 Å². The highest BCUT2D eigenvalue weighted by Crippen LogP contribution is 2.25. The fourth-order valence-corrected chi connectivity index (χ4v) is 5.89. The van der Waals surface area contributed by atoms with Crippen LogP contribution in [0.4, 0.5) is 5.69 Å². The highest BCUT2D eigenvalue weighted by Gasteiger charge is 2.28. The number of carbonyl (C=O) groups is 1. The Morgan fingerprint density at radius 2 is 1.79 bits per heavy atom. The third-order valence-corrected chi connectivity index (χ3v) is 7.87. The fraction of sp³-hybridized carbons (Fsp3) is 0.400. The molecule has 1 N–H and O–H groups in total. The van der Waals surface area contributed by atoms with Gasteiger partial charge in [-0.05, 0) is 55.0 Å². The first-order valence-electron chi connectivity index (χ1n) is 11.6. The molecule has 1 saturated heterocycles.